The fourth-order valence-corrected chi connectivity index (χ4v) is 2.40. The van der Waals surface area contributed by atoms with Crippen molar-refractivity contribution < 1.29 is 0 Å². The van der Waals surface area contributed by atoms with Crippen LogP contribution in [0.1, 0.15) is 27.2 Å². The minimum Gasteiger partial charge on any atom is -0.305 e. The van der Waals surface area contributed by atoms with Crippen molar-refractivity contribution in [3.05, 3.63) is 0 Å². The van der Waals surface area contributed by atoms with E-state index in [1.54, 1.807) is 0 Å². The number of nitriles is 1. The lowest BCUT2D eigenvalue weighted by molar-refractivity contribution is 0.243. The van der Waals surface area contributed by atoms with Crippen LogP contribution in [0.15, 0.2) is 0 Å². The van der Waals surface area contributed by atoms with Crippen LogP contribution in [0.3, 0.4) is 0 Å². The molecule has 1 saturated heterocycles. The lowest BCUT2D eigenvalue weighted by Crippen LogP contribution is -2.34. The molecule has 0 N–H and O–H groups in total. The molecule has 0 amide bonds. The van der Waals surface area contributed by atoms with E-state index in [0.29, 0.717) is 6.04 Å². The quantitative estimate of drug-likeness (QED) is 0.728. The van der Waals surface area contributed by atoms with Gasteiger partial charge in [-0.3, -0.25) is 0 Å². The van der Waals surface area contributed by atoms with E-state index >= 15 is 0 Å². The first-order valence-corrected chi connectivity index (χ1v) is 6.16. The van der Waals surface area contributed by atoms with Crippen LogP contribution in [-0.4, -0.2) is 49.6 Å². The fourth-order valence-electron chi connectivity index (χ4n) is 2.40. The Labute approximate surface area is 100 Å². The van der Waals surface area contributed by atoms with E-state index in [4.69, 9.17) is 5.26 Å². The maximum Gasteiger partial charge on any atom is 0.0684 e. The normalized spacial score (nSPS) is 27.3. The molecule has 0 spiro atoms. The maximum atomic E-state index is 8.98. The van der Waals surface area contributed by atoms with Gasteiger partial charge >= 0.3 is 0 Å². The third kappa shape index (κ3) is 3.47. The zero-order chi connectivity index (χ0) is 12.3. The van der Waals surface area contributed by atoms with Crippen molar-refractivity contribution in [2.24, 2.45) is 11.3 Å². The highest BCUT2D eigenvalue weighted by Crippen LogP contribution is 2.24. The third-order valence-electron chi connectivity index (χ3n) is 3.67. The molecule has 0 aromatic carbocycles. The molecule has 3 heteroatoms. The fraction of sp³-hybridized carbons (Fsp3) is 0.923. The number of hydrogen-bond acceptors (Lipinski definition) is 3. The topological polar surface area (TPSA) is 30.3 Å². The van der Waals surface area contributed by atoms with Crippen molar-refractivity contribution in [3.63, 3.8) is 0 Å². The van der Waals surface area contributed by atoms with Crippen molar-refractivity contribution >= 4 is 0 Å². The average Bonchev–Trinajstić information content (AvgIpc) is 2.57. The summed E-state index contributed by atoms with van der Waals surface area (Å²) in [6, 6.07) is 3.04. The zero-order valence-electron chi connectivity index (χ0n) is 11.3. The molecule has 92 valence electrons. The minimum atomic E-state index is -0.181. The molecular formula is C13H25N3. The van der Waals surface area contributed by atoms with Gasteiger partial charge in [-0.05, 0) is 46.8 Å². The summed E-state index contributed by atoms with van der Waals surface area (Å²) in [7, 11) is 4.31. The predicted molar refractivity (Wildman–Crippen MR) is 67.1 cm³/mol. The Hall–Kier alpha value is -0.590. The van der Waals surface area contributed by atoms with Gasteiger partial charge in [0.1, 0.15) is 0 Å². The van der Waals surface area contributed by atoms with Gasteiger partial charge in [0.25, 0.3) is 0 Å². The van der Waals surface area contributed by atoms with E-state index in [-0.39, 0.29) is 5.41 Å². The largest absolute Gasteiger partial charge is 0.305 e. The van der Waals surface area contributed by atoms with E-state index in [1.165, 1.54) is 6.54 Å². The second-order valence-corrected chi connectivity index (χ2v) is 6.01. The Morgan fingerprint density at radius 1 is 1.38 bits per heavy atom. The summed E-state index contributed by atoms with van der Waals surface area (Å²) in [6.07, 6.45) is 0.969. The molecule has 2 atom stereocenters. The van der Waals surface area contributed by atoms with E-state index in [9.17, 15) is 0 Å². The Morgan fingerprint density at radius 2 is 2.00 bits per heavy atom. The number of hydrogen-bond donors (Lipinski definition) is 0. The second-order valence-electron chi connectivity index (χ2n) is 6.01. The molecule has 0 aromatic rings. The van der Waals surface area contributed by atoms with Crippen molar-refractivity contribution in [1.82, 2.24) is 9.80 Å². The molecular weight excluding hydrogens is 198 g/mol. The molecule has 1 aliphatic heterocycles. The van der Waals surface area contributed by atoms with Crippen LogP contribution < -0.4 is 0 Å². The molecule has 0 aromatic heterocycles. The lowest BCUT2D eigenvalue weighted by Gasteiger charge is -2.23. The molecule has 2 unspecified atom stereocenters. The summed E-state index contributed by atoms with van der Waals surface area (Å²) < 4.78 is 0. The first-order chi connectivity index (χ1) is 7.35. The van der Waals surface area contributed by atoms with Gasteiger partial charge in [-0.25, -0.2) is 0 Å². The smallest absolute Gasteiger partial charge is 0.0684 e. The van der Waals surface area contributed by atoms with Gasteiger partial charge in [-0.2, -0.15) is 5.26 Å². The highest BCUT2D eigenvalue weighted by Gasteiger charge is 2.31. The van der Waals surface area contributed by atoms with Crippen molar-refractivity contribution in [2.75, 3.05) is 33.7 Å². The van der Waals surface area contributed by atoms with Gasteiger partial charge < -0.3 is 9.80 Å². The van der Waals surface area contributed by atoms with Crippen LogP contribution in [0.25, 0.3) is 0 Å². The molecule has 1 fully saturated rings. The van der Waals surface area contributed by atoms with Crippen LogP contribution >= 0.6 is 0 Å². The molecule has 1 rings (SSSR count). The average molecular weight is 223 g/mol. The molecule has 0 aliphatic carbocycles. The van der Waals surface area contributed by atoms with Gasteiger partial charge in [0.15, 0.2) is 0 Å². The second kappa shape index (κ2) is 5.16. The highest BCUT2D eigenvalue weighted by molar-refractivity contribution is 4.93. The SMILES string of the molecule is CC1CN(CCC(C)(C)C#N)CC1N(C)C. The zero-order valence-corrected chi connectivity index (χ0v) is 11.3. The number of nitrogens with zero attached hydrogens (tertiary/aromatic N) is 3. The predicted octanol–water partition coefficient (Wildman–Crippen LogP) is 1.81. The van der Waals surface area contributed by atoms with Crippen LogP contribution in [0.2, 0.25) is 0 Å². The van der Waals surface area contributed by atoms with E-state index in [2.05, 4.69) is 36.9 Å². The number of likely N-dealkylation sites (tertiary alicyclic amines) is 1. The van der Waals surface area contributed by atoms with Crippen molar-refractivity contribution in [3.8, 4) is 6.07 Å². The summed E-state index contributed by atoms with van der Waals surface area (Å²) in [5.74, 6) is 0.736. The highest BCUT2D eigenvalue weighted by atomic mass is 15.2. The van der Waals surface area contributed by atoms with E-state index in [0.717, 1.165) is 25.4 Å². The van der Waals surface area contributed by atoms with E-state index in [1.807, 2.05) is 13.8 Å². The molecule has 0 saturated carbocycles. The number of rotatable bonds is 4. The van der Waals surface area contributed by atoms with Crippen molar-refractivity contribution in [2.45, 2.75) is 33.2 Å². The Morgan fingerprint density at radius 3 is 2.44 bits per heavy atom. The monoisotopic (exact) mass is 223 g/mol. The third-order valence-corrected chi connectivity index (χ3v) is 3.67. The molecule has 3 nitrogen and oxygen atoms in total. The Balaban J connectivity index is 2.40. The van der Waals surface area contributed by atoms with Gasteiger partial charge in [0.2, 0.25) is 0 Å². The Kier molecular flexibility index (Phi) is 4.35. The van der Waals surface area contributed by atoms with Crippen LogP contribution in [0.5, 0.6) is 0 Å². The first kappa shape index (κ1) is 13.5. The van der Waals surface area contributed by atoms with Gasteiger partial charge in [-0.1, -0.05) is 6.92 Å². The molecule has 1 heterocycles. The summed E-state index contributed by atoms with van der Waals surface area (Å²) in [5, 5.41) is 8.98. The molecule has 16 heavy (non-hydrogen) atoms. The summed E-state index contributed by atoms with van der Waals surface area (Å²) >= 11 is 0. The van der Waals surface area contributed by atoms with Crippen LogP contribution in [-0.2, 0) is 0 Å². The molecule has 0 radical (unpaired) electrons. The molecule has 0 bridgehead atoms. The first-order valence-electron chi connectivity index (χ1n) is 6.16. The minimum absolute atomic E-state index is 0.181. The lowest BCUT2D eigenvalue weighted by atomic mass is 9.91. The summed E-state index contributed by atoms with van der Waals surface area (Å²) in [4.78, 5) is 4.81. The summed E-state index contributed by atoms with van der Waals surface area (Å²) in [6.45, 7) is 9.74. The maximum absolute atomic E-state index is 8.98. The number of likely N-dealkylation sites (N-methyl/N-ethyl adjacent to an activating group) is 1. The van der Waals surface area contributed by atoms with Crippen molar-refractivity contribution in [1.29, 1.82) is 5.26 Å². The Bertz CT molecular complexity index is 265. The van der Waals surface area contributed by atoms with Gasteiger partial charge in [0.05, 0.1) is 11.5 Å². The van der Waals surface area contributed by atoms with Crippen LogP contribution in [0, 0.1) is 22.7 Å². The van der Waals surface area contributed by atoms with E-state index < -0.39 is 0 Å². The van der Waals surface area contributed by atoms with Gasteiger partial charge in [-0.15, -0.1) is 0 Å². The standard InChI is InChI=1S/C13H25N3/c1-11-8-16(9-12(11)15(4)5)7-6-13(2,3)10-14/h11-12H,6-9H2,1-5H3. The summed E-state index contributed by atoms with van der Waals surface area (Å²) in [5.41, 5.74) is -0.181. The molecule has 1 aliphatic rings. The van der Waals surface area contributed by atoms with Crippen LogP contribution in [0.4, 0.5) is 0 Å². The van der Waals surface area contributed by atoms with Gasteiger partial charge in [0, 0.05) is 19.1 Å².